The van der Waals surface area contributed by atoms with Crippen LogP contribution < -0.4 is 0 Å². The van der Waals surface area contributed by atoms with E-state index in [0.29, 0.717) is 11.6 Å². The molecule has 118 valence electrons. The Hall–Kier alpha value is -1.97. The number of benzene rings is 1. The quantitative estimate of drug-likeness (QED) is 0.781. The highest BCUT2D eigenvalue weighted by molar-refractivity contribution is 5.83. The van der Waals surface area contributed by atoms with Crippen LogP contribution in [0.25, 0.3) is 11.3 Å². The van der Waals surface area contributed by atoms with E-state index in [1.165, 1.54) is 5.56 Å². The lowest BCUT2D eigenvalue weighted by Gasteiger charge is -2.19. The van der Waals surface area contributed by atoms with Gasteiger partial charge in [0.25, 0.3) is 0 Å². The molecule has 1 aromatic heterocycles. The maximum Gasteiger partial charge on any atom is 0.172 e. The molecule has 0 N–H and O–H groups in total. The van der Waals surface area contributed by atoms with Gasteiger partial charge in [0.15, 0.2) is 12.0 Å². The molecule has 0 saturated heterocycles. The first-order valence-electron chi connectivity index (χ1n) is 7.82. The van der Waals surface area contributed by atoms with Crippen molar-refractivity contribution in [2.75, 3.05) is 0 Å². The highest BCUT2D eigenvalue weighted by Crippen LogP contribution is 2.27. The van der Waals surface area contributed by atoms with Gasteiger partial charge in [-0.1, -0.05) is 64.1 Å². The van der Waals surface area contributed by atoms with Gasteiger partial charge in [-0.15, -0.1) is 5.10 Å². The molecule has 2 rings (SSSR count). The number of nitrogens with zero attached hydrogens (tertiary/aromatic N) is 3. The third-order valence-electron chi connectivity index (χ3n) is 3.82. The van der Waals surface area contributed by atoms with Crippen molar-refractivity contribution in [3.63, 3.8) is 0 Å². The van der Waals surface area contributed by atoms with Crippen molar-refractivity contribution in [2.24, 2.45) is 5.92 Å². The van der Waals surface area contributed by atoms with Crippen LogP contribution in [0.15, 0.2) is 24.3 Å². The minimum absolute atomic E-state index is 0.113. The normalized spacial score (nSPS) is 11.9. The van der Waals surface area contributed by atoms with Crippen LogP contribution in [-0.2, 0) is 12.0 Å². The van der Waals surface area contributed by atoms with Crippen LogP contribution in [0.3, 0.4) is 0 Å². The number of aryl methyl sites for hydroxylation is 1. The van der Waals surface area contributed by atoms with Crippen molar-refractivity contribution in [1.29, 1.82) is 0 Å². The molecule has 0 saturated carbocycles. The van der Waals surface area contributed by atoms with Gasteiger partial charge in [0, 0.05) is 12.1 Å². The molecule has 4 heteroatoms. The largest absolute Gasteiger partial charge is 0.296 e. The molecule has 0 atom stereocenters. The van der Waals surface area contributed by atoms with E-state index in [1.54, 1.807) is 0 Å². The molecule has 1 heterocycles. The second kappa shape index (κ2) is 6.42. The molecule has 4 nitrogen and oxygen atoms in total. The van der Waals surface area contributed by atoms with Gasteiger partial charge in [-0.2, -0.15) is 0 Å². The lowest BCUT2D eigenvalue weighted by molar-refractivity contribution is 0.111. The van der Waals surface area contributed by atoms with Gasteiger partial charge in [-0.25, -0.2) is 4.68 Å². The Morgan fingerprint density at radius 2 is 1.82 bits per heavy atom. The van der Waals surface area contributed by atoms with Gasteiger partial charge in [-0.3, -0.25) is 4.79 Å². The number of aldehydes is 1. The van der Waals surface area contributed by atoms with Crippen LogP contribution in [0.4, 0.5) is 0 Å². The van der Waals surface area contributed by atoms with Crippen LogP contribution in [-0.4, -0.2) is 21.3 Å². The predicted molar refractivity (Wildman–Crippen MR) is 89.0 cm³/mol. The van der Waals surface area contributed by atoms with Gasteiger partial charge in [0.1, 0.15) is 0 Å². The van der Waals surface area contributed by atoms with E-state index in [-0.39, 0.29) is 5.41 Å². The monoisotopic (exact) mass is 299 g/mol. The molecule has 1 aromatic carbocycles. The highest BCUT2D eigenvalue weighted by Gasteiger charge is 2.17. The van der Waals surface area contributed by atoms with E-state index in [1.807, 2.05) is 4.68 Å². The molecule has 0 aliphatic rings. The van der Waals surface area contributed by atoms with Crippen molar-refractivity contribution < 1.29 is 4.79 Å². The minimum atomic E-state index is 0.113. The van der Waals surface area contributed by atoms with E-state index in [2.05, 4.69) is 69.2 Å². The zero-order chi connectivity index (χ0) is 16.3. The van der Waals surface area contributed by atoms with Gasteiger partial charge >= 0.3 is 0 Å². The number of rotatable bonds is 5. The molecule has 0 fully saturated rings. The fourth-order valence-electron chi connectivity index (χ4n) is 2.37. The second-order valence-corrected chi connectivity index (χ2v) is 7.17. The Morgan fingerprint density at radius 3 is 2.32 bits per heavy atom. The molecule has 0 bridgehead atoms. The van der Waals surface area contributed by atoms with Crippen LogP contribution in [0.1, 0.15) is 57.1 Å². The molecular weight excluding hydrogens is 274 g/mol. The van der Waals surface area contributed by atoms with Crippen LogP contribution in [0, 0.1) is 5.92 Å². The van der Waals surface area contributed by atoms with E-state index < -0.39 is 0 Å². The third kappa shape index (κ3) is 3.62. The topological polar surface area (TPSA) is 47.8 Å². The van der Waals surface area contributed by atoms with Crippen molar-refractivity contribution >= 4 is 6.29 Å². The zero-order valence-corrected chi connectivity index (χ0v) is 14.1. The lowest BCUT2D eigenvalue weighted by atomic mass is 9.86. The summed E-state index contributed by atoms with van der Waals surface area (Å²) in [5.41, 5.74) is 3.60. The fraction of sp³-hybridized carbons (Fsp3) is 0.500. The van der Waals surface area contributed by atoms with Crippen molar-refractivity contribution in [2.45, 2.75) is 53.0 Å². The fourth-order valence-corrected chi connectivity index (χ4v) is 2.37. The van der Waals surface area contributed by atoms with E-state index >= 15 is 0 Å². The minimum Gasteiger partial charge on any atom is -0.296 e. The molecule has 0 radical (unpaired) electrons. The average molecular weight is 299 g/mol. The first-order chi connectivity index (χ1) is 10.3. The summed E-state index contributed by atoms with van der Waals surface area (Å²) in [6, 6.07) is 8.34. The van der Waals surface area contributed by atoms with Gasteiger partial charge in [0.2, 0.25) is 0 Å². The third-order valence-corrected chi connectivity index (χ3v) is 3.82. The molecule has 0 amide bonds. The van der Waals surface area contributed by atoms with Crippen LogP contribution in [0.5, 0.6) is 0 Å². The summed E-state index contributed by atoms with van der Waals surface area (Å²) in [6.45, 7) is 11.7. The summed E-state index contributed by atoms with van der Waals surface area (Å²) in [7, 11) is 0. The number of aromatic nitrogens is 3. The average Bonchev–Trinajstić information content (AvgIpc) is 2.87. The smallest absolute Gasteiger partial charge is 0.172 e. The summed E-state index contributed by atoms with van der Waals surface area (Å²) >= 11 is 0. The summed E-state index contributed by atoms with van der Waals surface area (Å²) in [5.74, 6) is 0.583. The molecule has 0 spiro atoms. The van der Waals surface area contributed by atoms with Gasteiger partial charge in [0.05, 0.1) is 5.69 Å². The molecule has 22 heavy (non-hydrogen) atoms. The van der Waals surface area contributed by atoms with Gasteiger partial charge in [-0.05, 0) is 23.3 Å². The Labute approximate surface area is 132 Å². The predicted octanol–water partition coefficient (Wildman–Crippen LogP) is 4.10. The molecular formula is C18H25N3O. The molecule has 0 aliphatic carbocycles. The lowest BCUT2D eigenvalue weighted by Crippen LogP contribution is -2.11. The Morgan fingerprint density at radius 1 is 1.18 bits per heavy atom. The first-order valence-corrected chi connectivity index (χ1v) is 7.82. The maximum absolute atomic E-state index is 11.3. The molecule has 0 aliphatic heterocycles. The summed E-state index contributed by atoms with van der Waals surface area (Å²) in [4.78, 5) is 11.3. The zero-order valence-electron chi connectivity index (χ0n) is 14.1. The Bertz CT molecular complexity index is 633. The highest BCUT2D eigenvalue weighted by atomic mass is 16.1. The van der Waals surface area contributed by atoms with Crippen molar-refractivity contribution in [1.82, 2.24) is 15.0 Å². The molecule has 0 unspecified atom stereocenters. The van der Waals surface area contributed by atoms with Crippen LogP contribution >= 0.6 is 0 Å². The standard InChI is InChI=1S/C18H25N3O/c1-13(2)10-11-21-17(16(12-22)19-20-21)14-6-8-15(9-7-14)18(3,4)5/h6-9,12-13H,10-11H2,1-5H3. The number of hydrogen-bond donors (Lipinski definition) is 0. The number of carbonyl (C=O) groups is 1. The summed E-state index contributed by atoms with van der Waals surface area (Å²) in [5, 5.41) is 8.15. The number of hydrogen-bond acceptors (Lipinski definition) is 3. The number of carbonyl (C=O) groups excluding carboxylic acids is 1. The van der Waals surface area contributed by atoms with Crippen LogP contribution in [0.2, 0.25) is 0 Å². The first kappa shape index (κ1) is 16.4. The molecule has 2 aromatic rings. The summed E-state index contributed by atoms with van der Waals surface area (Å²) < 4.78 is 1.84. The van der Waals surface area contributed by atoms with Crippen molar-refractivity contribution in [3.8, 4) is 11.3 Å². The second-order valence-electron chi connectivity index (χ2n) is 7.17. The van der Waals surface area contributed by atoms with E-state index in [9.17, 15) is 4.79 Å². The summed E-state index contributed by atoms with van der Waals surface area (Å²) in [6.07, 6.45) is 1.79. The van der Waals surface area contributed by atoms with Gasteiger partial charge < -0.3 is 0 Å². The Kier molecular flexibility index (Phi) is 4.79. The SMILES string of the molecule is CC(C)CCn1nnc(C=O)c1-c1ccc(C(C)(C)C)cc1. The van der Waals surface area contributed by atoms with E-state index in [0.717, 1.165) is 30.5 Å². The Balaban J connectivity index is 2.38. The van der Waals surface area contributed by atoms with Crippen molar-refractivity contribution in [3.05, 3.63) is 35.5 Å². The maximum atomic E-state index is 11.3. The van der Waals surface area contributed by atoms with E-state index in [4.69, 9.17) is 0 Å².